The Balaban J connectivity index is 1.80. The van der Waals surface area contributed by atoms with Crippen molar-refractivity contribution in [3.63, 3.8) is 0 Å². The SMILES string of the molecule is Cc1c(Nc2ccc(C(F)(F)F)cc2)nc(C(C)(C)C)nc1-c1ccc2cccnc2c1. The number of benzene rings is 2. The van der Waals surface area contributed by atoms with Gasteiger partial charge < -0.3 is 5.32 Å². The van der Waals surface area contributed by atoms with Gasteiger partial charge in [-0.05, 0) is 43.3 Å². The molecule has 0 saturated heterocycles. The number of alkyl halides is 3. The summed E-state index contributed by atoms with van der Waals surface area (Å²) in [6.07, 6.45) is -2.63. The van der Waals surface area contributed by atoms with Gasteiger partial charge in [0.25, 0.3) is 0 Å². The van der Waals surface area contributed by atoms with Crippen molar-refractivity contribution in [2.24, 2.45) is 0 Å². The molecule has 0 aliphatic rings. The Labute approximate surface area is 184 Å². The molecule has 0 spiro atoms. The summed E-state index contributed by atoms with van der Waals surface area (Å²) in [6.45, 7) is 7.96. The van der Waals surface area contributed by atoms with Crippen LogP contribution in [0.1, 0.15) is 37.7 Å². The van der Waals surface area contributed by atoms with Crippen LogP contribution in [0, 0.1) is 6.92 Å². The Hall–Kier alpha value is -3.48. The van der Waals surface area contributed by atoms with E-state index in [4.69, 9.17) is 9.97 Å². The number of aromatic nitrogens is 3. The molecule has 0 unspecified atom stereocenters. The highest BCUT2D eigenvalue weighted by Crippen LogP contribution is 2.34. The molecule has 4 nitrogen and oxygen atoms in total. The number of hydrogen-bond donors (Lipinski definition) is 1. The van der Waals surface area contributed by atoms with Crippen molar-refractivity contribution in [1.29, 1.82) is 0 Å². The summed E-state index contributed by atoms with van der Waals surface area (Å²) in [5.41, 5.74) is 2.82. The Morgan fingerprint density at radius 2 is 1.59 bits per heavy atom. The van der Waals surface area contributed by atoms with Gasteiger partial charge in [-0.3, -0.25) is 4.98 Å². The lowest BCUT2D eigenvalue weighted by molar-refractivity contribution is -0.137. The lowest BCUT2D eigenvalue weighted by atomic mass is 9.94. The highest BCUT2D eigenvalue weighted by molar-refractivity contribution is 5.84. The van der Waals surface area contributed by atoms with Crippen LogP contribution in [0.15, 0.2) is 60.8 Å². The molecule has 0 amide bonds. The average molecular weight is 436 g/mol. The molecule has 0 saturated carbocycles. The third-order valence-corrected chi connectivity index (χ3v) is 5.17. The quantitative estimate of drug-likeness (QED) is 0.373. The zero-order valence-electron chi connectivity index (χ0n) is 18.2. The first-order valence-corrected chi connectivity index (χ1v) is 10.2. The van der Waals surface area contributed by atoms with Crippen LogP contribution in [0.25, 0.3) is 22.2 Å². The van der Waals surface area contributed by atoms with Gasteiger partial charge in [0.2, 0.25) is 0 Å². The summed E-state index contributed by atoms with van der Waals surface area (Å²) in [4.78, 5) is 14.0. The van der Waals surface area contributed by atoms with Gasteiger partial charge in [-0.1, -0.05) is 39.0 Å². The van der Waals surface area contributed by atoms with E-state index < -0.39 is 11.7 Å². The molecule has 0 aliphatic carbocycles. The Kier molecular flexibility index (Phi) is 5.36. The van der Waals surface area contributed by atoms with E-state index in [0.717, 1.165) is 39.9 Å². The minimum absolute atomic E-state index is 0.325. The van der Waals surface area contributed by atoms with E-state index >= 15 is 0 Å². The molecule has 0 radical (unpaired) electrons. The Bertz CT molecular complexity index is 1270. The van der Waals surface area contributed by atoms with E-state index in [1.807, 2.05) is 58.0 Å². The zero-order valence-corrected chi connectivity index (χ0v) is 18.2. The van der Waals surface area contributed by atoms with Crippen molar-refractivity contribution in [3.8, 4) is 11.3 Å². The van der Waals surface area contributed by atoms with Crippen molar-refractivity contribution in [2.75, 3.05) is 5.32 Å². The van der Waals surface area contributed by atoms with Crippen molar-refractivity contribution in [3.05, 3.63) is 77.7 Å². The van der Waals surface area contributed by atoms with Crippen LogP contribution in [-0.2, 0) is 11.6 Å². The highest BCUT2D eigenvalue weighted by Gasteiger charge is 2.30. The van der Waals surface area contributed by atoms with Crippen LogP contribution in [0.4, 0.5) is 24.7 Å². The number of nitrogens with one attached hydrogen (secondary N) is 1. The van der Waals surface area contributed by atoms with E-state index in [2.05, 4.69) is 10.3 Å². The van der Waals surface area contributed by atoms with Gasteiger partial charge in [0.05, 0.1) is 16.8 Å². The predicted octanol–water partition coefficient (Wildman–Crippen LogP) is 7.06. The fourth-order valence-electron chi connectivity index (χ4n) is 3.35. The maximum absolute atomic E-state index is 12.9. The molecule has 0 bridgehead atoms. The number of fused-ring (bicyclic) bond motifs is 1. The van der Waals surface area contributed by atoms with Crippen LogP contribution < -0.4 is 5.32 Å². The molecule has 2 heterocycles. The van der Waals surface area contributed by atoms with Crippen molar-refractivity contribution >= 4 is 22.4 Å². The first-order valence-electron chi connectivity index (χ1n) is 10.2. The molecule has 0 atom stereocenters. The number of pyridine rings is 1. The predicted molar refractivity (Wildman–Crippen MR) is 121 cm³/mol. The largest absolute Gasteiger partial charge is 0.416 e. The van der Waals surface area contributed by atoms with Gasteiger partial charge in [0, 0.05) is 33.8 Å². The molecule has 4 rings (SSSR count). The van der Waals surface area contributed by atoms with Gasteiger partial charge in [0.1, 0.15) is 11.6 Å². The van der Waals surface area contributed by atoms with Gasteiger partial charge >= 0.3 is 6.18 Å². The maximum Gasteiger partial charge on any atom is 0.416 e. The summed E-state index contributed by atoms with van der Waals surface area (Å²) in [7, 11) is 0. The molecule has 4 aromatic rings. The van der Waals surface area contributed by atoms with E-state index in [0.29, 0.717) is 17.3 Å². The van der Waals surface area contributed by atoms with E-state index in [-0.39, 0.29) is 5.41 Å². The minimum Gasteiger partial charge on any atom is -0.340 e. The molecular formula is C25H23F3N4. The molecular weight excluding hydrogens is 413 g/mol. The van der Waals surface area contributed by atoms with Crippen molar-refractivity contribution < 1.29 is 13.2 Å². The normalized spacial score (nSPS) is 12.2. The second-order valence-electron chi connectivity index (χ2n) is 8.73. The number of anilines is 2. The second-order valence-corrected chi connectivity index (χ2v) is 8.73. The smallest absolute Gasteiger partial charge is 0.340 e. The Morgan fingerprint density at radius 1 is 0.875 bits per heavy atom. The number of hydrogen-bond acceptors (Lipinski definition) is 4. The maximum atomic E-state index is 12.9. The molecule has 32 heavy (non-hydrogen) atoms. The number of nitrogens with zero attached hydrogens (tertiary/aromatic N) is 3. The summed E-state index contributed by atoms with van der Waals surface area (Å²) in [5, 5.41) is 4.21. The summed E-state index contributed by atoms with van der Waals surface area (Å²) in [6, 6.07) is 14.8. The molecule has 1 N–H and O–H groups in total. The minimum atomic E-state index is -4.37. The third kappa shape index (κ3) is 4.42. The summed E-state index contributed by atoms with van der Waals surface area (Å²) >= 11 is 0. The summed E-state index contributed by atoms with van der Waals surface area (Å²) < 4.78 is 38.7. The molecule has 2 aromatic carbocycles. The Morgan fingerprint density at radius 3 is 2.25 bits per heavy atom. The highest BCUT2D eigenvalue weighted by atomic mass is 19.4. The standard InChI is InChI=1S/C25H23F3N4/c1-15-21(17-8-7-16-6-5-13-29-20(16)14-17)31-23(24(2,3)4)32-22(15)30-19-11-9-18(10-12-19)25(26,27)28/h5-14H,1-4H3,(H,30,31,32). The zero-order chi connectivity index (χ0) is 23.1. The molecule has 7 heteroatoms. The first kappa shape index (κ1) is 21.7. The molecule has 2 aromatic heterocycles. The topological polar surface area (TPSA) is 50.7 Å². The van der Waals surface area contributed by atoms with Crippen LogP contribution in [-0.4, -0.2) is 15.0 Å². The van der Waals surface area contributed by atoms with E-state index in [1.165, 1.54) is 12.1 Å². The lowest BCUT2D eigenvalue weighted by Gasteiger charge is -2.21. The van der Waals surface area contributed by atoms with Gasteiger partial charge in [-0.15, -0.1) is 0 Å². The van der Waals surface area contributed by atoms with Crippen molar-refractivity contribution in [2.45, 2.75) is 39.3 Å². The van der Waals surface area contributed by atoms with Gasteiger partial charge in [-0.25, -0.2) is 9.97 Å². The van der Waals surface area contributed by atoms with E-state index in [9.17, 15) is 13.2 Å². The van der Waals surface area contributed by atoms with Crippen LogP contribution in [0.5, 0.6) is 0 Å². The monoisotopic (exact) mass is 436 g/mol. The fourth-order valence-corrected chi connectivity index (χ4v) is 3.35. The van der Waals surface area contributed by atoms with E-state index in [1.54, 1.807) is 6.20 Å². The van der Waals surface area contributed by atoms with Gasteiger partial charge in [0.15, 0.2) is 0 Å². The third-order valence-electron chi connectivity index (χ3n) is 5.17. The van der Waals surface area contributed by atoms with Gasteiger partial charge in [-0.2, -0.15) is 13.2 Å². The number of halogens is 3. The van der Waals surface area contributed by atoms with Crippen LogP contribution >= 0.6 is 0 Å². The second kappa shape index (κ2) is 7.89. The number of rotatable bonds is 3. The van der Waals surface area contributed by atoms with Crippen LogP contribution in [0.3, 0.4) is 0 Å². The molecule has 164 valence electrons. The summed E-state index contributed by atoms with van der Waals surface area (Å²) in [5.74, 6) is 1.19. The average Bonchev–Trinajstić information content (AvgIpc) is 2.74. The molecule has 0 aliphatic heterocycles. The molecule has 0 fully saturated rings. The lowest BCUT2D eigenvalue weighted by Crippen LogP contribution is -2.18. The van der Waals surface area contributed by atoms with Crippen molar-refractivity contribution in [1.82, 2.24) is 15.0 Å². The van der Waals surface area contributed by atoms with Crippen LogP contribution in [0.2, 0.25) is 0 Å². The fraction of sp³-hybridized carbons (Fsp3) is 0.240. The first-order chi connectivity index (χ1) is 15.0.